The first kappa shape index (κ1) is 19.6. The van der Waals surface area contributed by atoms with Crippen molar-refractivity contribution in [2.24, 2.45) is 0 Å². The summed E-state index contributed by atoms with van der Waals surface area (Å²) in [7, 11) is 4.20. The summed E-state index contributed by atoms with van der Waals surface area (Å²) in [6, 6.07) is 7.52. The molecule has 27 heavy (non-hydrogen) atoms. The van der Waals surface area contributed by atoms with Crippen molar-refractivity contribution >= 4 is 17.6 Å². The Morgan fingerprint density at radius 3 is 2.59 bits per heavy atom. The second-order valence-electron chi connectivity index (χ2n) is 7.62. The maximum Gasteiger partial charge on any atom is 0.319 e. The van der Waals surface area contributed by atoms with Crippen LogP contribution >= 0.6 is 0 Å². The summed E-state index contributed by atoms with van der Waals surface area (Å²) in [6.45, 7) is 5.06. The van der Waals surface area contributed by atoms with Crippen molar-refractivity contribution in [3.05, 3.63) is 29.8 Å². The fourth-order valence-corrected chi connectivity index (χ4v) is 3.79. The maximum absolute atomic E-state index is 12.7. The van der Waals surface area contributed by atoms with E-state index in [1.165, 1.54) is 12.8 Å². The Balaban J connectivity index is 1.48. The Hall–Kier alpha value is -2.12. The number of urea groups is 1. The van der Waals surface area contributed by atoms with E-state index in [-0.39, 0.29) is 11.9 Å². The van der Waals surface area contributed by atoms with Gasteiger partial charge >= 0.3 is 6.03 Å². The normalized spacial score (nSPS) is 21.3. The predicted molar refractivity (Wildman–Crippen MR) is 107 cm³/mol. The summed E-state index contributed by atoms with van der Waals surface area (Å²) < 4.78 is 0. The monoisotopic (exact) mass is 373 g/mol. The van der Waals surface area contributed by atoms with Crippen molar-refractivity contribution in [2.45, 2.75) is 25.3 Å². The van der Waals surface area contributed by atoms with Crippen molar-refractivity contribution in [1.82, 2.24) is 20.0 Å². The largest absolute Gasteiger partial charge is 0.338 e. The number of likely N-dealkylation sites (tertiary alicyclic amines) is 1. The van der Waals surface area contributed by atoms with Crippen LogP contribution in [0.2, 0.25) is 0 Å². The maximum atomic E-state index is 12.7. The van der Waals surface area contributed by atoms with Crippen LogP contribution in [0, 0.1) is 0 Å². The minimum atomic E-state index is -0.222. The summed E-state index contributed by atoms with van der Waals surface area (Å²) in [6.07, 6.45) is 3.41. The number of carbonyl (C=O) groups excluding carboxylic acids is 2. The number of piperazine rings is 1. The van der Waals surface area contributed by atoms with E-state index in [1.807, 2.05) is 17.0 Å². The van der Waals surface area contributed by atoms with Crippen LogP contribution < -0.4 is 10.6 Å². The molecule has 2 heterocycles. The van der Waals surface area contributed by atoms with Gasteiger partial charge in [-0.2, -0.15) is 0 Å². The van der Waals surface area contributed by atoms with Gasteiger partial charge in [0.15, 0.2) is 0 Å². The van der Waals surface area contributed by atoms with Crippen LogP contribution in [0.4, 0.5) is 10.5 Å². The molecule has 2 aliphatic rings. The summed E-state index contributed by atoms with van der Waals surface area (Å²) in [5.74, 6) is 0.0245. The molecule has 2 N–H and O–H groups in total. The fourth-order valence-electron chi connectivity index (χ4n) is 3.79. The van der Waals surface area contributed by atoms with Gasteiger partial charge in [0.05, 0.1) is 0 Å². The zero-order valence-electron chi connectivity index (χ0n) is 16.4. The molecule has 1 atom stereocenters. The molecule has 3 rings (SSSR count). The standard InChI is InChI=1S/C20H31N5O2/c1-23-11-13-25(14-12-23)19(26)16-5-3-6-17(15-16)22-20(27)21-9-8-18-7-4-10-24(18)2/h3,5-6,15,18H,4,7-14H2,1-2H3,(H2,21,22,27)/t18-/m0/s1. The zero-order valence-corrected chi connectivity index (χ0v) is 16.4. The lowest BCUT2D eigenvalue weighted by atomic mass is 10.1. The lowest BCUT2D eigenvalue weighted by Crippen LogP contribution is -2.47. The van der Waals surface area contributed by atoms with Crippen LogP contribution in [0.1, 0.15) is 29.6 Å². The van der Waals surface area contributed by atoms with Crippen LogP contribution in [0.15, 0.2) is 24.3 Å². The quantitative estimate of drug-likeness (QED) is 0.824. The minimum absolute atomic E-state index is 0.0245. The van der Waals surface area contributed by atoms with Gasteiger partial charge in [-0.05, 0) is 58.1 Å². The molecule has 7 nitrogen and oxygen atoms in total. The van der Waals surface area contributed by atoms with Crippen LogP contribution in [0.25, 0.3) is 0 Å². The first-order chi connectivity index (χ1) is 13.0. The van der Waals surface area contributed by atoms with Gasteiger partial charge in [0.1, 0.15) is 0 Å². The van der Waals surface area contributed by atoms with Crippen LogP contribution in [0.5, 0.6) is 0 Å². The molecule has 0 radical (unpaired) electrons. The Kier molecular flexibility index (Phi) is 6.68. The Bertz CT molecular complexity index is 658. The molecule has 0 saturated carbocycles. The average molecular weight is 374 g/mol. The SMILES string of the molecule is CN1CCN(C(=O)c2cccc(NC(=O)NCC[C@@H]3CCCN3C)c2)CC1. The second-order valence-corrected chi connectivity index (χ2v) is 7.62. The first-order valence-corrected chi connectivity index (χ1v) is 9.86. The summed E-state index contributed by atoms with van der Waals surface area (Å²) in [4.78, 5) is 31.3. The minimum Gasteiger partial charge on any atom is -0.338 e. The number of nitrogens with one attached hydrogen (secondary N) is 2. The molecule has 2 aliphatic heterocycles. The Labute approximate surface area is 161 Å². The molecule has 148 valence electrons. The van der Waals surface area contributed by atoms with E-state index in [4.69, 9.17) is 0 Å². The molecular weight excluding hydrogens is 342 g/mol. The van der Waals surface area contributed by atoms with Crippen LogP contribution in [0.3, 0.4) is 0 Å². The van der Waals surface area contributed by atoms with Crippen molar-refractivity contribution in [2.75, 3.05) is 58.7 Å². The third kappa shape index (κ3) is 5.43. The summed E-state index contributed by atoms with van der Waals surface area (Å²) in [5.41, 5.74) is 1.26. The topological polar surface area (TPSA) is 67.9 Å². The highest BCUT2D eigenvalue weighted by Gasteiger charge is 2.21. The highest BCUT2D eigenvalue weighted by Crippen LogP contribution is 2.17. The van der Waals surface area contributed by atoms with Gasteiger partial charge < -0.3 is 25.3 Å². The average Bonchev–Trinajstić information content (AvgIpc) is 3.07. The molecule has 1 aromatic carbocycles. The van der Waals surface area contributed by atoms with E-state index in [0.717, 1.165) is 39.1 Å². The molecule has 7 heteroatoms. The predicted octanol–water partition coefficient (Wildman–Crippen LogP) is 1.68. The van der Waals surface area contributed by atoms with Gasteiger partial charge in [0.25, 0.3) is 5.91 Å². The van der Waals surface area contributed by atoms with E-state index in [2.05, 4.69) is 34.5 Å². The van der Waals surface area contributed by atoms with Crippen molar-refractivity contribution in [1.29, 1.82) is 0 Å². The number of benzene rings is 1. The molecule has 2 saturated heterocycles. The molecule has 2 fully saturated rings. The van der Waals surface area contributed by atoms with Gasteiger partial charge in [-0.25, -0.2) is 4.79 Å². The fraction of sp³-hybridized carbons (Fsp3) is 0.600. The number of amides is 3. The van der Waals surface area contributed by atoms with E-state index >= 15 is 0 Å². The lowest BCUT2D eigenvalue weighted by molar-refractivity contribution is 0.0664. The first-order valence-electron chi connectivity index (χ1n) is 9.86. The Morgan fingerprint density at radius 2 is 1.89 bits per heavy atom. The number of nitrogens with zero attached hydrogens (tertiary/aromatic N) is 3. The van der Waals surface area contributed by atoms with Crippen molar-refractivity contribution in [3.8, 4) is 0 Å². The second kappa shape index (κ2) is 9.19. The highest BCUT2D eigenvalue weighted by atomic mass is 16.2. The molecule has 0 aliphatic carbocycles. The molecule has 3 amide bonds. The lowest BCUT2D eigenvalue weighted by Gasteiger charge is -2.32. The molecule has 0 bridgehead atoms. The van der Waals surface area contributed by atoms with E-state index in [1.54, 1.807) is 12.1 Å². The molecular formula is C20H31N5O2. The molecule has 1 aromatic rings. The van der Waals surface area contributed by atoms with Gasteiger partial charge in [-0.1, -0.05) is 6.07 Å². The number of carbonyl (C=O) groups is 2. The Morgan fingerprint density at radius 1 is 1.11 bits per heavy atom. The van der Waals surface area contributed by atoms with Gasteiger partial charge in [0.2, 0.25) is 0 Å². The van der Waals surface area contributed by atoms with Gasteiger partial charge in [-0.15, -0.1) is 0 Å². The molecule has 0 spiro atoms. The third-order valence-corrected chi connectivity index (χ3v) is 5.59. The summed E-state index contributed by atoms with van der Waals surface area (Å²) >= 11 is 0. The number of likely N-dealkylation sites (N-methyl/N-ethyl adjacent to an activating group) is 1. The van der Waals surface area contributed by atoms with Crippen molar-refractivity contribution in [3.63, 3.8) is 0 Å². The van der Waals surface area contributed by atoms with Gasteiger partial charge in [0, 0.05) is 50.0 Å². The smallest absolute Gasteiger partial charge is 0.319 e. The molecule has 0 unspecified atom stereocenters. The van der Waals surface area contributed by atoms with Crippen LogP contribution in [-0.4, -0.2) is 86.0 Å². The molecule has 0 aromatic heterocycles. The number of hydrogen-bond donors (Lipinski definition) is 2. The van der Waals surface area contributed by atoms with E-state index in [0.29, 0.717) is 23.8 Å². The number of rotatable bonds is 5. The van der Waals surface area contributed by atoms with E-state index in [9.17, 15) is 9.59 Å². The number of anilines is 1. The third-order valence-electron chi connectivity index (χ3n) is 5.59. The number of hydrogen-bond acceptors (Lipinski definition) is 4. The van der Waals surface area contributed by atoms with Gasteiger partial charge in [-0.3, -0.25) is 4.79 Å². The van der Waals surface area contributed by atoms with Crippen molar-refractivity contribution < 1.29 is 9.59 Å². The highest BCUT2D eigenvalue weighted by molar-refractivity contribution is 5.97. The zero-order chi connectivity index (χ0) is 19.2. The van der Waals surface area contributed by atoms with Crippen LogP contribution in [-0.2, 0) is 0 Å². The van der Waals surface area contributed by atoms with E-state index < -0.39 is 0 Å². The summed E-state index contributed by atoms with van der Waals surface area (Å²) in [5, 5.41) is 5.76.